The van der Waals surface area contributed by atoms with Crippen LogP contribution in [0.15, 0.2) is 53.7 Å². The first-order valence-electron chi connectivity index (χ1n) is 8.48. The van der Waals surface area contributed by atoms with Crippen molar-refractivity contribution in [2.24, 2.45) is 5.16 Å². The topological polar surface area (TPSA) is 69.2 Å². The highest BCUT2D eigenvalue weighted by molar-refractivity contribution is 5.99. The second-order valence-corrected chi connectivity index (χ2v) is 5.52. The molecule has 6 nitrogen and oxygen atoms in total. The standard InChI is InChI=1S/C20H24N2O4/c1-4-24-19-9-11-20(12-10-19)25-13-14-26-22-15(2)17-5-7-18(8-6-17)21-16(3)23/h5-12H,4,13-14H2,1-3H3,(H,21,23)/b22-15+. The molecule has 6 heteroatoms. The van der Waals surface area contributed by atoms with Crippen molar-refractivity contribution < 1.29 is 19.1 Å². The third-order valence-corrected chi connectivity index (χ3v) is 3.40. The molecular formula is C20H24N2O4. The van der Waals surface area contributed by atoms with Gasteiger partial charge in [-0.2, -0.15) is 0 Å². The number of ether oxygens (including phenoxy) is 2. The average Bonchev–Trinajstić information content (AvgIpc) is 2.63. The first-order valence-corrected chi connectivity index (χ1v) is 8.48. The van der Waals surface area contributed by atoms with Gasteiger partial charge in [-0.25, -0.2) is 0 Å². The van der Waals surface area contributed by atoms with Crippen molar-refractivity contribution in [1.82, 2.24) is 0 Å². The Morgan fingerprint density at radius 2 is 1.54 bits per heavy atom. The minimum atomic E-state index is -0.0981. The van der Waals surface area contributed by atoms with Gasteiger partial charge in [-0.15, -0.1) is 0 Å². The normalized spacial score (nSPS) is 11.0. The zero-order valence-electron chi connectivity index (χ0n) is 15.3. The van der Waals surface area contributed by atoms with Gasteiger partial charge in [0.05, 0.1) is 12.3 Å². The van der Waals surface area contributed by atoms with Crippen LogP contribution in [0.3, 0.4) is 0 Å². The molecule has 1 amide bonds. The number of hydrogen-bond donors (Lipinski definition) is 1. The fraction of sp³-hybridized carbons (Fsp3) is 0.300. The van der Waals surface area contributed by atoms with Crippen LogP contribution in [0.25, 0.3) is 0 Å². The Kier molecular flexibility index (Phi) is 7.49. The highest BCUT2D eigenvalue weighted by Crippen LogP contribution is 2.17. The molecule has 0 radical (unpaired) electrons. The monoisotopic (exact) mass is 356 g/mol. The first-order chi connectivity index (χ1) is 12.6. The SMILES string of the molecule is CCOc1ccc(OCCO/N=C(\C)c2ccc(NC(C)=O)cc2)cc1. The molecule has 0 fully saturated rings. The zero-order chi connectivity index (χ0) is 18.8. The minimum Gasteiger partial charge on any atom is -0.494 e. The number of oxime groups is 1. The second-order valence-electron chi connectivity index (χ2n) is 5.52. The van der Waals surface area contributed by atoms with Gasteiger partial charge in [0, 0.05) is 12.6 Å². The summed E-state index contributed by atoms with van der Waals surface area (Å²) in [4.78, 5) is 16.3. The van der Waals surface area contributed by atoms with E-state index in [1.165, 1.54) is 6.92 Å². The number of carbonyl (C=O) groups excluding carboxylic acids is 1. The van der Waals surface area contributed by atoms with Gasteiger partial charge < -0.3 is 19.6 Å². The minimum absolute atomic E-state index is 0.0981. The molecule has 0 aliphatic carbocycles. The first kappa shape index (κ1) is 19.3. The maximum absolute atomic E-state index is 11.0. The maximum atomic E-state index is 11.0. The lowest BCUT2D eigenvalue weighted by Gasteiger charge is -2.08. The molecule has 0 aromatic heterocycles. The molecule has 1 N–H and O–H groups in total. The number of hydrogen-bond acceptors (Lipinski definition) is 5. The average molecular weight is 356 g/mol. The van der Waals surface area contributed by atoms with Crippen molar-refractivity contribution in [3.8, 4) is 11.5 Å². The Hall–Kier alpha value is -3.02. The molecule has 0 aliphatic rings. The molecular weight excluding hydrogens is 332 g/mol. The van der Waals surface area contributed by atoms with E-state index in [2.05, 4.69) is 10.5 Å². The van der Waals surface area contributed by atoms with Gasteiger partial charge in [-0.3, -0.25) is 4.79 Å². The summed E-state index contributed by atoms with van der Waals surface area (Å²) in [5.74, 6) is 1.48. The number of rotatable bonds is 9. The third-order valence-electron chi connectivity index (χ3n) is 3.40. The van der Waals surface area contributed by atoms with E-state index >= 15 is 0 Å². The smallest absolute Gasteiger partial charge is 0.221 e. The van der Waals surface area contributed by atoms with E-state index in [1.807, 2.05) is 62.4 Å². The van der Waals surface area contributed by atoms with Crippen molar-refractivity contribution >= 4 is 17.3 Å². The summed E-state index contributed by atoms with van der Waals surface area (Å²) in [6, 6.07) is 14.9. The van der Waals surface area contributed by atoms with Crippen LogP contribution in [0.2, 0.25) is 0 Å². The van der Waals surface area contributed by atoms with Crippen LogP contribution in [0.4, 0.5) is 5.69 Å². The summed E-state index contributed by atoms with van der Waals surface area (Å²) in [7, 11) is 0. The predicted molar refractivity (Wildman–Crippen MR) is 102 cm³/mol. The molecule has 0 aliphatic heterocycles. The molecule has 138 valence electrons. The summed E-state index contributed by atoms with van der Waals surface area (Å²) in [6.45, 7) is 6.66. The van der Waals surface area contributed by atoms with Gasteiger partial charge in [0.2, 0.25) is 5.91 Å². The summed E-state index contributed by atoms with van der Waals surface area (Å²) in [5.41, 5.74) is 2.42. The van der Waals surface area contributed by atoms with Gasteiger partial charge in [0.25, 0.3) is 0 Å². The van der Waals surface area contributed by atoms with Crippen molar-refractivity contribution in [2.75, 3.05) is 25.1 Å². The van der Waals surface area contributed by atoms with E-state index < -0.39 is 0 Å². The van der Waals surface area contributed by atoms with Crippen molar-refractivity contribution in [3.05, 3.63) is 54.1 Å². The Labute approximate surface area is 153 Å². The van der Waals surface area contributed by atoms with Crippen LogP contribution >= 0.6 is 0 Å². The largest absolute Gasteiger partial charge is 0.494 e. The molecule has 2 aromatic rings. The molecule has 0 atom stereocenters. The van der Waals surface area contributed by atoms with Crippen LogP contribution in [0, 0.1) is 0 Å². The van der Waals surface area contributed by atoms with Crippen LogP contribution in [-0.4, -0.2) is 31.4 Å². The van der Waals surface area contributed by atoms with Gasteiger partial charge >= 0.3 is 0 Å². The molecule has 2 aromatic carbocycles. The van der Waals surface area contributed by atoms with Crippen LogP contribution < -0.4 is 14.8 Å². The highest BCUT2D eigenvalue weighted by atomic mass is 16.6. The van der Waals surface area contributed by atoms with Crippen molar-refractivity contribution in [2.45, 2.75) is 20.8 Å². The van der Waals surface area contributed by atoms with Crippen molar-refractivity contribution in [1.29, 1.82) is 0 Å². The molecule has 0 spiro atoms. The van der Waals surface area contributed by atoms with E-state index in [0.717, 1.165) is 28.5 Å². The fourth-order valence-corrected chi connectivity index (χ4v) is 2.19. The van der Waals surface area contributed by atoms with E-state index in [9.17, 15) is 4.79 Å². The lowest BCUT2D eigenvalue weighted by atomic mass is 10.1. The zero-order valence-corrected chi connectivity index (χ0v) is 15.3. The predicted octanol–water partition coefficient (Wildman–Crippen LogP) is 3.86. The molecule has 0 heterocycles. The second kappa shape index (κ2) is 10.1. The summed E-state index contributed by atoms with van der Waals surface area (Å²) in [5, 5.41) is 6.81. The van der Waals surface area contributed by atoms with E-state index in [4.69, 9.17) is 14.3 Å². The lowest BCUT2D eigenvalue weighted by molar-refractivity contribution is -0.114. The molecule has 26 heavy (non-hydrogen) atoms. The Morgan fingerprint density at radius 1 is 0.923 bits per heavy atom. The van der Waals surface area contributed by atoms with Gasteiger partial charge in [0.1, 0.15) is 18.1 Å². The van der Waals surface area contributed by atoms with Gasteiger partial charge in [-0.05, 0) is 55.8 Å². The lowest BCUT2D eigenvalue weighted by Crippen LogP contribution is -2.07. The third kappa shape index (κ3) is 6.47. The van der Waals surface area contributed by atoms with E-state index in [-0.39, 0.29) is 5.91 Å². The van der Waals surface area contributed by atoms with Crippen LogP contribution in [0.5, 0.6) is 11.5 Å². The van der Waals surface area contributed by atoms with Crippen LogP contribution in [-0.2, 0) is 9.63 Å². The summed E-state index contributed by atoms with van der Waals surface area (Å²) >= 11 is 0. The van der Waals surface area contributed by atoms with Gasteiger partial charge in [-0.1, -0.05) is 17.3 Å². The molecule has 0 saturated heterocycles. The quantitative estimate of drug-likeness (QED) is 0.421. The number of carbonyl (C=O) groups is 1. The highest BCUT2D eigenvalue weighted by Gasteiger charge is 2.00. The number of nitrogens with zero attached hydrogens (tertiary/aromatic N) is 1. The fourth-order valence-electron chi connectivity index (χ4n) is 2.19. The van der Waals surface area contributed by atoms with E-state index in [1.54, 1.807) is 0 Å². The number of nitrogens with one attached hydrogen (secondary N) is 1. The molecule has 0 saturated carbocycles. The van der Waals surface area contributed by atoms with E-state index in [0.29, 0.717) is 19.8 Å². The summed E-state index contributed by atoms with van der Waals surface area (Å²) < 4.78 is 11.0. The van der Waals surface area contributed by atoms with Crippen LogP contribution in [0.1, 0.15) is 26.3 Å². The Balaban J connectivity index is 1.74. The number of anilines is 1. The Morgan fingerprint density at radius 3 is 2.12 bits per heavy atom. The molecule has 0 unspecified atom stereocenters. The number of benzene rings is 2. The summed E-state index contributed by atoms with van der Waals surface area (Å²) in [6.07, 6.45) is 0. The Bertz CT molecular complexity index is 724. The molecule has 0 bridgehead atoms. The maximum Gasteiger partial charge on any atom is 0.221 e. The van der Waals surface area contributed by atoms with Crippen molar-refractivity contribution in [3.63, 3.8) is 0 Å². The number of amides is 1. The van der Waals surface area contributed by atoms with Gasteiger partial charge in [0.15, 0.2) is 6.61 Å². The molecule has 2 rings (SSSR count).